The first kappa shape index (κ1) is 13.5. The van der Waals surface area contributed by atoms with Gasteiger partial charge in [-0.05, 0) is 12.1 Å². The van der Waals surface area contributed by atoms with E-state index in [4.69, 9.17) is 0 Å². The molecule has 0 radical (unpaired) electrons. The van der Waals surface area contributed by atoms with Crippen molar-refractivity contribution in [2.45, 2.75) is 0 Å². The van der Waals surface area contributed by atoms with Gasteiger partial charge in [0.25, 0.3) is 20.0 Å². The van der Waals surface area contributed by atoms with Crippen molar-refractivity contribution >= 4 is 25.7 Å². The molecule has 0 aliphatic carbocycles. The van der Waals surface area contributed by atoms with Gasteiger partial charge in [0.05, 0.1) is 5.69 Å². The Balaban J connectivity index is 3.54. The van der Waals surface area contributed by atoms with E-state index in [9.17, 15) is 16.8 Å². The van der Waals surface area contributed by atoms with Crippen molar-refractivity contribution in [3.8, 4) is 0 Å². The number of hydrogen-bond donors (Lipinski definition) is 0. The molecule has 0 saturated heterocycles. The Morgan fingerprint density at radius 1 is 0.882 bits per heavy atom. The maximum atomic E-state index is 11.7. The van der Waals surface area contributed by atoms with Gasteiger partial charge in [-0.2, -0.15) is 3.71 Å². The van der Waals surface area contributed by atoms with Gasteiger partial charge in [-0.15, -0.1) is 0 Å². The van der Waals surface area contributed by atoms with Crippen molar-refractivity contribution < 1.29 is 16.8 Å². The van der Waals surface area contributed by atoms with Crippen LogP contribution in [0.15, 0.2) is 54.3 Å². The topological polar surface area (TPSA) is 71.5 Å². The largest absolute Gasteiger partial charge is 0.270 e. The molecule has 0 atom stereocenters. The predicted octanol–water partition coefficient (Wildman–Crippen LogP) is 1.44. The van der Waals surface area contributed by atoms with E-state index in [2.05, 4.69) is 13.2 Å². The molecule has 0 fully saturated rings. The smallest absolute Gasteiger partial charge is 0.201 e. The summed E-state index contributed by atoms with van der Waals surface area (Å²) in [6.07, 6.45) is 0. The highest BCUT2D eigenvalue weighted by molar-refractivity contribution is 8.12. The van der Waals surface area contributed by atoms with Crippen LogP contribution in [-0.4, -0.2) is 16.8 Å². The molecule has 0 heterocycles. The Hall–Kier alpha value is -1.60. The van der Waals surface area contributed by atoms with E-state index in [0.717, 1.165) is 0 Å². The fourth-order valence-corrected chi connectivity index (χ4v) is 3.75. The van der Waals surface area contributed by atoms with E-state index in [0.29, 0.717) is 10.8 Å². The zero-order valence-corrected chi connectivity index (χ0v) is 10.5. The van der Waals surface area contributed by atoms with Crippen molar-refractivity contribution in [3.05, 3.63) is 54.3 Å². The highest BCUT2D eigenvalue weighted by Gasteiger charge is 2.29. The normalized spacial score (nSPS) is 11.8. The molecular weight excluding hydrogens is 262 g/mol. The summed E-state index contributed by atoms with van der Waals surface area (Å²) in [6, 6.07) is 7.42. The lowest BCUT2D eigenvalue weighted by atomic mass is 10.3. The average Bonchev–Trinajstić information content (AvgIpc) is 2.30. The highest BCUT2D eigenvalue weighted by atomic mass is 32.3. The lowest BCUT2D eigenvalue weighted by Crippen LogP contribution is -2.33. The van der Waals surface area contributed by atoms with Gasteiger partial charge < -0.3 is 0 Å². The Morgan fingerprint density at radius 2 is 1.29 bits per heavy atom. The fourth-order valence-electron chi connectivity index (χ4n) is 1.12. The summed E-state index contributed by atoms with van der Waals surface area (Å²) in [5.74, 6) is 0. The SMILES string of the molecule is C=CS(=O)(=O)N(c1ccccc1)S(=O)(=O)C=C. The first-order valence-corrected chi connectivity index (χ1v) is 7.46. The average molecular weight is 273 g/mol. The molecule has 0 bridgehead atoms. The van der Waals surface area contributed by atoms with E-state index < -0.39 is 20.0 Å². The molecule has 92 valence electrons. The van der Waals surface area contributed by atoms with E-state index in [1.165, 1.54) is 24.3 Å². The highest BCUT2D eigenvalue weighted by Crippen LogP contribution is 2.22. The van der Waals surface area contributed by atoms with Crippen molar-refractivity contribution in [3.63, 3.8) is 0 Å². The minimum Gasteiger partial charge on any atom is -0.201 e. The summed E-state index contributed by atoms with van der Waals surface area (Å²) < 4.78 is 47.0. The van der Waals surface area contributed by atoms with Crippen LogP contribution in [0.4, 0.5) is 5.69 Å². The molecule has 0 saturated carbocycles. The van der Waals surface area contributed by atoms with Gasteiger partial charge in [-0.3, -0.25) is 0 Å². The molecule has 0 N–H and O–H groups in total. The van der Waals surface area contributed by atoms with Crippen LogP contribution in [0.2, 0.25) is 0 Å². The molecule has 17 heavy (non-hydrogen) atoms. The number of benzene rings is 1. The lowest BCUT2D eigenvalue weighted by molar-refractivity contribution is 0.594. The molecule has 0 unspecified atom stereocenters. The summed E-state index contributed by atoms with van der Waals surface area (Å²) in [5.41, 5.74) is 0.00676. The molecule has 5 nitrogen and oxygen atoms in total. The maximum Gasteiger partial charge on any atom is 0.270 e. The third-order valence-corrected chi connectivity index (χ3v) is 5.29. The van der Waals surface area contributed by atoms with Crippen LogP contribution in [0.5, 0.6) is 0 Å². The van der Waals surface area contributed by atoms with Gasteiger partial charge >= 0.3 is 0 Å². The van der Waals surface area contributed by atoms with E-state index in [1.54, 1.807) is 6.07 Å². The lowest BCUT2D eigenvalue weighted by Gasteiger charge is -2.19. The summed E-state index contributed by atoms with van der Waals surface area (Å²) in [6.45, 7) is 6.20. The third kappa shape index (κ3) is 2.75. The molecule has 0 aliphatic rings. The van der Waals surface area contributed by atoms with Gasteiger partial charge in [0, 0.05) is 10.8 Å². The number of nitrogens with zero attached hydrogens (tertiary/aromatic N) is 1. The summed E-state index contributed by atoms with van der Waals surface area (Å²) in [5, 5.41) is 1.14. The Kier molecular flexibility index (Phi) is 3.74. The molecule has 0 aliphatic heterocycles. The van der Waals surface area contributed by atoms with Crippen LogP contribution < -0.4 is 3.71 Å². The fraction of sp³-hybridized carbons (Fsp3) is 0. The van der Waals surface area contributed by atoms with Crippen molar-refractivity contribution in [1.82, 2.24) is 0 Å². The molecule has 0 amide bonds. The Bertz CT molecular complexity index is 580. The summed E-state index contributed by atoms with van der Waals surface area (Å²) in [4.78, 5) is 0. The van der Waals surface area contributed by atoms with Crippen LogP contribution in [0.3, 0.4) is 0 Å². The molecule has 1 rings (SSSR count). The first-order chi connectivity index (χ1) is 7.85. The number of sulfonamides is 2. The van der Waals surface area contributed by atoms with Gasteiger partial charge in [-0.25, -0.2) is 16.8 Å². The summed E-state index contributed by atoms with van der Waals surface area (Å²) in [7, 11) is -8.29. The molecule has 1 aromatic rings. The molecule has 7 heteroatoms. The van der Waals surface area contributed by atoms with Gasteiger partial charge in [0.2, 0.25) is 0 Å². The Morgan fingerprint density at radius 3 is 1.65 bits per heavy atom. The molecule has 0 aromatic heterocycles. The predicted molar refractivity (Wildman–Crippen MR) is 67.2 cm³/mol. The summed E-state index contributed by atoms with van der Waals surface area (Å²) >= 11 is 0. The second-order valence-electron chi connectivity index (χ2n) is 2.96. The molecule has 0 spiro atoms. The van der Waals surface area contributed by atoms with Crippen LogP contribution in [-0.2, 0) is 20.0 Å². The zero-order chi connectivity index (χ0) is 13.1. The number of anilines is 1. The maximum absolute atomic E-state index is 11.7. The number of para-hydroxylation sites is 1. The Labute approximate surface area is 101 Å². The van der Waals surface area contributed by atoms with Gasteiger partial charge in [0.1, 0.15) is 0 Å². The molecule has 1 aromatic carbocycles. The van der Waals surface area contributed by atoms with Crippen LogP contribution in [0.1, 0.15) is 0 Å². The second kappa shape index (κ2) is 4.72. The minimum absolute atomic E-state index is 0.00676. The monoisotopic (exact) mass is 273 g/mol. The van der Waals surface area contributed by atoms with E-state index >= 15 is 0 Å². The van der Waals surface area contributed by atoms with Crippen molar-refractivity contribution in [2.24, 2.45) is 0 Å². The standard InChI is InChI=1S/C10H11NO4S2/c1-3-16(12,13)11(17(14,15)4-2)10-8-6-5-7-9-10/h3-9H,1-2H2. The van der Waals surface area contributed by atoms with Gasteiger partial charge in [-0.1, -0.05) is 31.4 Å². The number of rotatable bonds is 5. The van der Waals surface area contributed by atoms with E-state index in [-0.39, 0.29) is 9.40 Å². The van der Waals surface area contributed by atoms with Crippen LogP contribution in [0, 0.1) is 0 Å². The van der Waals surface area contributed by atoms with E-state index in [1.807, 2.05) is 0 Å². The zero-order valence-electron chi connectivity index (χ0n) is 8.85. The van der Waals surface area contributed by atoms with Crippen LogP contribution in [0.25, 0.3) is 0 Å². The number of hydrogen-bond acceptors (Lipinski definition) is 4. The van der Waals surface area contributed by atoms with Crippen molar-refractivity contribution in [2.75, 3.05) is 3.71 Å². The quantitative estimate of drug-likeness (QED) is 0.813. The first-order valence-electron chi connectivity index (χ1n) is 4.45. The molecular formula is C10H11NO4S2. The van der Waals surface area contributed by atoms with Crippen LogP contribution >= 0.6 is 0 Å². The second-order valence-corrected chi connectivity index (χ2v) is 6.64. The minimum atomic E-state index is -4.15. The van der Waals surface area contributed by atoms with Gasteiger partial charge in [0.15, 0.2) is 0 Å². The van der Waals surface area contributed by atoms with Crippen molar-refractivity contribution in [1.29, 1.82) is 0 Å². The third-order valence-electron chi connectivity index (χ3n) is 1.85.